The minimum atomic E-state index is -4.51. The Balaban J connectivity index is 1.73. The highest BCUT2D eigenvalue weighted by Gasteiger charge is 2.31. The van der Waals surface area contributed by atoms with Gasteiger partial charge in [0.1, 0.15) is 0 Å². The van der Waals surface area contributed by atoms with E-state index in [-0.39, 0.29) is 5.69 Å². The van der Waals surface area contributed by atoms with E-state index in [1.807, 2.05) is 0 Å². The van der Waals surface area contributed by atoms with Crippen molar-refractivity contribution in [1.29, 1.82) is 0 Å². The van der Waals surface area contributed by atoms with Crippen molar-refractivity contribution in [1.82, 2.24) is 9.80 Å². The highest BCUT2D eigenvalue weighted by molar-refractivity contribution is 5.99. The first kappa shape index (κ1) is 22.7. The molecule has 1 saturated heterocycles. The Morgan fingerprint density at radius 2 is 1.71 bits per heavy atom. The molecular weight excluding hydrogens is 405 g/mol. The second-order valence-electron chi connectivity index (χ2n) is 7.43. The summed E-state index contributed by atoms with van der Waals surface area (Å²) in [7, 11) is 0. The number of piperazine rings is 1. The summed E-state index contributed by atoms with van der Waals surface area (Å²) in [6, 6.07) is 9.67. The zero-order valence-corrected chi connectivity index (χ0v) is 17.3. The minimum Gasteiger partial charge on any atom is -0.308 e. The van der Waals surface area contributed by atoms with Crippen LogP contribution in [0.25, 0.3) is 0 Å². The fourth-order valence-electron chi connectivity index (χ4n) is 3.52. The summed E-state index contributed by atoms with van der Waals surface area (Å²) in [4.78, 5) is 16.8. The van der Waals surface area contributed by atoms with E-state index in [9.17, 15) is 18.0 Å². The van der Waals surface area contributed by atoms with Gasteiger partial charge in [0.2, 0.25) is 0 Å². The number of hydrogen-bond acceptors (Lipinski definition) is 3. The molecule has 0 spiro atoms. The van der Waals surface area contributed by atoms with Gasteiger partial charge in [0.15, 0.2) is 0 Å². The van der Waals surface area contributed by atoms with Crippen LogP contribution in [-0.4, -0.2) is 48.6 Å². The van der Waals surface area contributed by atoms with Gasteiger partial charge in [-0.2, -0.15) is 13.2 Å². The van der Waals surface area contributed by atoms with Gasteiger partial charge in [0, 0.05) is 49.7 Å². The summed E-state index contributed by atoms with van der Waals surface area (Å²) in [6.45, 7) is 6.80. The number of nitrogens with one attached hydrogen (secondary N) is 2. The maximum Gasteiger partial charge on any atom is 0.416 e. The van der Waals surface area contributed by atoms with E-state index in [1.54, 1.807) is 30.3 Å². The average Bonchev–Trinajstić information content (AvgIpc) is 2.73. The highest BCUT2D eigenvalue weighted by Crippen LogP contribution is 2.32. The fraction of sp³-hybridized carbons (Fsp3) is 0.348. The molecule has 1 aliphatic rings. The van der Waals surface area contributed by atoms with Crippen molar-refractivity contribution >= 4 is 17.4 Å². The SMILES string of the molecule is C#Cc1cccc(NC(=O)Nc2cc(CN3CCN(CC)CC3)cc(C(F)(F)F)c2)c1. The van der Waals surface area contributed by atoms with E-state index >= 15 is 0 Å². The van der Waals surface area contributed by atoms with Crippen LogP contribution in [0.1, 0.15) is 23.6 Å². The van der Waals surface area contributed by atoms with Crippen LogP contribution in [0.2, 0.25) is 0 Å². The summed E-state index contributed by atoms with van der Waals surface area (Å²) in [5.74, 6) is 2.46. The normalized spacial score (nSPS) is 15.3. The largest absolute Gasteiger partial charge is 0.416 e. The number of alkyl halides is 3. The number of anilines is 2. The second-order valence-corrected chi connectivity index (χ2v) is 7.43. The number of carbonyl (C=O) groups excluding carboxylic acids is 1. The van der Waals surface area contributed by atoms with Crippen LogP contribution in [0.5, 0.6) is 0 Å². The third kappa shape index (κ3) is 6.48. The van der Waals surface area contributed by atoms with E-state index < -0.39 is 17.8 Å². The first-order chi connectivity index (χ1) is 14.8. The maximum absolute atomic E-state index is 13.4. The number of carbonyl (C=O) groups is 1. The highest BCUT2D eigenvalue weighted by atomic mass is 19.4. The van der Waals surface area contributed by atoms with Crippen LogP contribution in [-0.2, 0) is 12.7 Å². The molecule has 164 valence electrons. The Hall–Kier alpha value is -3.02. The lowest BCUT2D eigenvalue weighted by molar-refractivity contribution is -0.137. The molecule has 0 bridgehead atoms. The van der Waals surface area contributed by atoms with E-state index in [0.29, 0.717) is 23.4 Å². The van der Waals surface area contributed by atoms with Crippen LogP contribution >= 0.6 is 0 Å². The summed E-state index contributed by atoms with van der Waals surface area (Å²) in [6.07, 6.45) is 0.839. The molecule has 2 amide bonds. The Morgan fingerprint density at radius 3 is 2.35 bits per heavy atom. The Bertz CT molecular complexity index is 960. The first-order valence-corrected chi connectivity index (χ1v) is 10.1. The molecule has 1 heterocycles. The molecule has 2 N–H and O–H groups in total. The van der Waals surface area contributed by atoms with Gasteiger partial charge in [-0.05, 0) is 48.5 Å². The smallest absolute Gasteiger partial charge is 0.308 e. The Kier molecular flexibility index (Phi) is 7.21. The Morgan fingerprint density at radius 1 is 1.03 bits per heavy atom. The zero-order chi connectivity index (χ0) is 22.4. The molecule has 1 aliphatic heterocycles. The van der Waals surface area contributed by atoms with Crippen molar-refractivity contribution in [2.24, 2.45) is 0 Å². The maximum atomic E-state index is 13.4. The minimum absolute atomic E-state index is 0.0858. The average molecular weight is 430 g/mol. The third-order valence-corrected chi connectivity index (χ3v) is 5.18. The standard InChI is InChI=1S/C23H25F3N4O/c1-3-17-6-5-7-20(13-17)27-22(31)28-21-14-18(12-19(15-21)23(24,25)26)16-30-10-8-29(4-2)9-11-30/h1,5-7,12-15H,4,8-11,16H2,2H3,(H2,27,28,31). The van der Waals surface area contributed by atoms with Crippen molar-refractivity contribution in [3.8, 4) is 12.3 Å². The van der Waals surface area contributed by atoms with E-state index in [1.165, 1.54) is 0 Å². The molecule has 0 aromatic heterocycles. The molecule has 3 rings (SSSR count). The van der Waals surface area contributed by atoms with Crippen molar-refractivity contribution in [2.45, 2.75) is 19.6 Å². The molecule has 0 radical (unpaired) electrons. The lowest BCUT2D eigenvalue weighted by Crippen LogP contribution is -2.45. The monoisotopic (exact) mass is 430 g/mol. The first-order valence-electron chi connectivity index (χ1n) is 10.1. The molecule has 2 aromatic rings. The molecule has 2 aromatic carbocycles. The van der Waals surface area contributed by atoms with E-state index in [4.69, 9.17) is 6.42 Å². The molecule has 0 unspecified atom stereocenters. The predicted octanol–water partition coefficient (Wildman–Crippen LogP) is 4.47. The van der Waals surface area contributed by atoms with E-state index in [2.05, 4.69) is 33.3 Å². The molecule has 8 heteroatoms. The lowest BCUT2D eigenvalue weighted by Gasteiger charge is -2.34. The molecule has 0 aliphatic carbocycles. The number of halogens is 3. The Labute approximate surface area is 180 Å². The summed E-state index contributed by atoms with van der Waals surface area (Å²) in [5, 5.41) is 5.10. The lowest BCUT2D eigenvalue weighted by atomic mass is 10.1. The number of terminal acetylenes is 1. The van der Waals surface area contributed by atoms with Gasteiger partial charge < -0.3 is 15.5 Å². The molecule has 0 saturated carbocycles. The fourth-order valence-corrected chi connectivity index (χ4v) is 3.52. The molecule has 0 atom stereocenters. The summed E-state index contributed by atoms with van der Waals surface area (Å²) < 4.78 is 40.3. The molecular formula is C23H25F3N4O. The molecule has 31 heavy (non-hydrogen) atoms. The van der Waals surface area contributed by atoms with Crippen LogP contribution in [0.4, 0.5) is 29.3 Å². The van der Waals surface area contributed by atoms with Crippen molar-refractivity contribution in [3.05, 3.63) is 59.2 Å². The number of rotatable bonds is 5. The van der Waals surface area contributed by atoms with Gasteiger partial charge in [-0.15, -0.1) is 6.42 Å². The number of benzene rings is 2. The number of urea groups is 1. The van der Waals surface area contributed by atoms with Crippen molar-refractivity contribution in [3.63, 3.8) is 0 Å². The van der Waals surface area contributed by atoms with E-state index in [0.717, 1.165) is 44.9 Å². The quantitative estimate of drug-likeness (QED) is 0.689. The van der Waals surface area contributed by atoms with Gasteiger partial charge in [-0.25, -0.2) is 4.79 Å². The van der Waals surface area contributed by atoms with Gasteiger partial charge in [-0.1, -0.05) is 18.9 Å². The molecule has 5 nitrogen and oxygen atoms in total. The zero-order valence-electron chi connectivity index (χ0n) is 17.3. The molecule has 1 fully saturated rings. The van der Waals surface area contributed by atoms with Crippen LogP contribution < -0.4 is 10.6 Å². The van der Waals surface area contributed by atoms with Gasteiger partial charge in [-0.3, -0.25) is 4.90 Å². The summed E-state index contributed by atoms with van der Waals surface area (Å²) >= 11 is 0. The van der Waals surface area contributed by atoms with Crippen molar-refractivity contribution < 1.29 is 18.0 Å². The third-order valence-electron chi connectivity index (χ3n) is 5.18. The number of amides is 2. The second kappa shape index (κ2) is 9.86. The van der Waals surface area contributed by atoms with Crippen LogP contribution in [0.15, 0.2) is 42.5 Å². The number of nitrogens with zero attached hydrogens (tertiary/aromatic N) is 2. The van der Waals surface area contributed by atoms with Gasteiger partial charge in [0.05, 0.1) is 5.56 Å². The van der Waals surface area contributed by atoms with Gasteiger partial charge in [0.25, 0.3) is 0 Å². The number of likely N-dealkylation sites (N-methyl/N-ethyl adjacent to an activating group) is 1. The van der Waals surface area contributed by atoms with Crippen molar-refractivity contribution in [2.75, 3.05) is 43.4 Å². The predicted molar refractivity (Wildman–Crippen MR) is 116 cm³/mol. The number of hydrogen-bond donors (Lipinski definition) is 2. The van der Waals surface area contributed by atoms with Crippen LogP contribution in [0.3, 0.4) is 0 Å². The topological polar surface area (TPSA) is 47.6 Å². The van der Waals surface area contributed by atoms with Crippen LogP contribution in [0, 0.1) is 12.3 Å². The van der Waals surface area contributed by atoms with Gasteiger partial charge >= 0.3 is 12.2 Å². The summed E-state index contributed by atoms with van der Waals surface area (Å²) in [5.41, 5.74) is 0.838.